The summed E-state index contributed by atoms with van der Waals surface area (Å²) in [5.74, 6) is 0. The molecule has 88 valence electrons. The minimum atomic E-state index is 0. The van der Waals surface area contributed by atoms with Crippen molar-refractivity contribution in [3.63, 3.8) is 0 Å². The highest BCUT2D eigenvalue weighted by Crippen LogP contribution is 2.28. The van der Waals surface area contributed by atoms with Gasteiger partial charge in [-0.05, 0) is 18.4 Å². The van der Waals surface area contributed by atoms with Crippen LogP contribution in [0.3, 0.4) is 0 Å². The molecule has 0 spiro atoms. The summed E-state index contributed by atoms with van der Waals surface area (Å²) in [6.45, 7) is 0.906. The average molecular weight is 240 g/mol. The molecule has 1 aliphatic rings. The second-order valence-corrected chi connectivity index (χ2v) is 4.12. The SMILES string of the molecule is Cl.O=CN1CCCCCC1c1ccccc1. The van der Waals surface area contributed by atoms with Crippen molar-refractivity contribution >= 4 is 18.8 Å². The molecule has 0 bridgehead atoms. The standard InChI is InChI=1S/C13H17NO.ClH/c15-11-14-10-6-2-5-9-13(14)12-7-3-1-4-8-12;/h1,3-4,7-8,11,13H,2,5-6,9-10H2;1H. The number of halogens is 1. The fourth-order valence-electron chi connectivity index (χ4n) is 2.29. The second-order valence-electron chi connectivity index (χ2n) is 4.12. The maximum atomic E-state index is 11.0. The first-order valence-electron chi connectivity index (χ1n) is 5.68. The van der Waals surface area contributed by atoms with Gasteiger partial charge in [0.2, 0.25) is 6.41 Å². The number of nitrogens with zero attached hydrogens (tertiary/aromatic N) is 1. The van der Waals surface area contributed by atoms with Gasteiger partial charge in [0.25, 0.3) is 0 Å². The summed E-state index contributed by atoms with van der Waals surface area (Å²) < 4.78 is 0. The summed E-state index contributed by atoms with van der Waals surface area (Å²) in [6, 6.07) is 10.6. The Labute approximate surface area is 103 Å². The van der Waals surface area contributed by atoms with Crippen LogP contribution < -0.4 is 0 Å². The topological polar surface area (TPSA) is 20.3 Å². The monoisotopic (exact) mass is 239 g/mol. The predicted octanol–water partition coefficient (Wildman–Crippen LogP) is 3.18. The van der Waals surface area contributed by atoms with Crippen LogP contribution in [0.15, 0.2) is 30.3 Å². The van der Waals surface area contributed by atoms with Crippen LogP contribution in [0, 0.1) is 0 Å². The molecule has 0 saturated carbocycles. The van der Waals surface area contributed by atoms with Gasteiger partial charge < -0.3 is 4.90 Å². The van der Waals surface area contributed by atoms with E-state index in [1.54, 1.807) is 0 Å². The zero-order chi connectivity index (χ0) is 10.5. The van der Waals surface area contributed by atoms with Crippen molar-refractivity contribution in [3.8, 4) is 0 Å². The molecule has 2 nitrogen and oxygen atoms in total. The fraction of sp³-hybridized carbons (Fsp3) is 0.462. The lowest BCUT2D eigenvalue weighted by atomic mass is 10.0. The normalized spacial score (nSPS) is 20.8. The first-order valence-corrected chi connectivity index (χ1v) is 5.68. The molecular formula is C13H18ClNO. The van der Waals surface area contributed by atoms with Crippen molar-refractivity contribution in [2.45, 2.75) is 31.7 Å². The minimum absolute atomic E-state index is 0. The Bertz CT molecular complexity index is 315. The van der Waals surface area contributed by atoms with Gasteiger partial charge in [0, 0.05) is 6.54 Å². The van der Waals surface area contributed by atoms with Crippen molar-refractivity contribution in [1.82, 2.24) is 4.90 Å². The van der Waals surface area contributed by atoms with Crippen LogP contribution in [0.1, 0.15) is 37.3 Å². The van der Waals surface area contributed by atoms with E-state index in [9.17, 15) is 4.79 Å². The molecule has 1 heterocycles. The Kier molecular flexibility index (Phi) is 5.33. The molecule has 1 amide bonds. The number of amides is 1. The Morgan fingerprint density at radius 1 is 1.12 bits per heavy atom. The lowest BCUT2D eigenvalue weighted by molar-refractivity contribution is -0.120. The van der Waals surface area contributed by atoms with Crippen LogP contribution in [-0.4, -0.2) is 17.9 Å². The van der Waals surface area contributed by atoms with Crippen LogP contribution in [0.5, 0.6) is 0 Å². The molecule has 0 radical (unpaired) electrons. The quantitative estimate of drug-likeness (QED) is 0.726. The van der Waals surface area contributed by atoms with E-state index in [2.05, 4.69) is 12.1 Å². The molecule has 1 aromatic carbocycles. The molecule has 1 atom stereocenters. The number of rotatable bonds is 2. The molecule has 1 aromatic rings. The van der Waals surface area contributed by atoms with Gasteiger partial charge in [-0.3, -0.25) is 4.79 Å². The smallest absolute Gasteiger partial charge is 0.210 e. The largest absolute Gasteiger partial charge is 0.338 e. The van der Waals surface area contributed by atoms with Gasteiger partial charge >= 0.3 is 0 Å². The Morgan fingerprint density at radius 2 is 1.88 bits per heavy atom. The summed E-state index contributed by atoms with van der Waals surface area (Å²) in [5, 5.41) is 0. The molecule has 3 heteroatoms. The zero-order valence-corrected chi connectivity index (χ0v) is 10.2. The van der Waals surface area contributed by atoms with E-state index >= 15 is 0 Å². The van der Waals surface area contributed by atoms with Gasteiger partial charge in [-0.25, -0.2) is 0 Å². The van der Waals surface area contributed by atoms with E-state index in [1.807, 2.05) is 23.1 Å². The maximum absolute atomic E-state index is 11.0. The summed E-state index contributed by atoms with van der Waals surface area (Å²) >= 11 is 0. The van der Waals surface area contributed by atoms with Crippen LogP contribution >= 0.6 is 12.4 Å². The van der Waals surface area contributed by atoms with Crippen LogP contribution in [0.2, 0.25) is 0 Å². The van der Waals surface area contributed by atoms with E-state index in [0.29, 0.717) is 6.04 Å². The third kappa shape index (κ3) is 2.99. The van der Waals surface area contributed by atoms with E-state index in [1.165, 1.54) is 18.4 Å². The van der Waals surface area contributed by atoms with E-state index < -0.39 is 0 Å². The molecule has 0 aromatic heterocycles. The highest BCUT2D eigenvalue weighted by Gasteiger charge is 2.20. The van der Waals surface area contributed by atoms with Crippen molar-refractivity contribution in [3.05, 3.63) is 35.9 Å². The second kappa shape index (κ2) is 6.54. The fourth-order valence-corrected chi connectivity index (χ4v) is 2.29. The summed E-state index contributed by atoms with van der Waals surface area (Å²) in [7, 11) is 0. The molecule has 2 rings (SSSR count). The van der Waals surface area contributed by atoms with Crippen molar-refractivity contribution in [2.75, 3.05) is 6.54 Å². The first kappa shape index (κ1) is 13.0. The Morgan fingerprint density at radius 3 is 2.56 bits per heavy atom. The number of benzene rings is 1. The first-order chi connectivity index (χ1) is 7.42. The van der Waals surface area contributed by atoms with E-state index in [4.69, 9.17) is 0 Å². The van der Waals surface area contributed by atoms with Crippen molar-refractivity contribution in [2.24, 2.45) is 0 Å². The molecule has 16 heavy (non-hydrogen) atoms. The third-order valence-corrected chi connectivity index (χ3v) is 3.11. The van der Waals surface area contributed by atoms with Gasteiger partial charge in [0.05, 0.1) is 6.04 Å². The van der Waals surface area contributed by atoms with E-state index in [0.717, 1.165) is 25.8 Å². The summed E-state index contributed by atoms with van der Waals surface area (Å²) in [5.41, 5.74) is 1.27. The molecule has 0 aliphatic carbocycles. The highest BCUT2D eigenvalue weighted by atomic mass is 35.5. The molecule has 1 fully saturated rings. The lowest BCUT2D eigenvalue weighted by Crippen LogP contribution is -2.26. The number of likely N-dealkylation sites (tertiary alicyclic amines) is 1. The van der Waals surface area contributed by atoms with Gasteiger partial charge in [-0.2, -0.15) is 0 Å². The molecule has 1 unspecified atom stereocenters. The number of hydrogen-bond acceptors (Lipinski definition) is 1. The van der Waals surface area contributed by atoms with Crippen LogP contribution in [0.4, 0.5) is 0 Å². The van der Waals surface area contributed by atoms with Gasteiger partial charge in [0.15, 0.2) is 0 Å². The maximum Gasteiger partial charge on any atom is 0.210 e. The van der Waals surface area contributed by atoms with Crippen molar-refractivity contribution in [1.29, 1.82) is 0 Å². The molecule has 1 aliphatic heterocycles. The zero-order valence-electron chi connectivity index (χ0n) is 9.34. The average Bonchev–Trinajstić information content (AvgIpc) is 2.55. The Balaban J connectivity index is 0.00000128. The lowest BCUT2D eigenvalue weighted by Gasteiger charge is -2.26. The Hall–Kier alpha value is -1.02. The highest BCUT2D eigenvalue weighted by molar-refractivity contribution is 5.85. The third-order valence-electron chi connectivity index (χ3n) is 3.11. The van der Waals surface area contributed by atoms with Crippen LogP contribution in [-0.2, 0) is 4.79 Å². The molecule has 0 N–H and O–H groups in total. The van der Waals surface area contributed by atoms with Gasteiger partial charge in [0.1, 0.15) is 0 Å². The number of carbonyl (C=O) groups is 1. The van der Waals surface area contributed by atoms with Gasteiger partial charge in [-0.1, -0.05) is 43.2 Å². The van der Waals surface area contributed by atoms with Crippen molar-refractivity contribution < 1.29 is 4.79 Å². The number of carbonyl (C=O) groups excluding carboxylic acids is 1. The molecule has 1 saturated heterocycles. The minimum Gasteiger partial charge on any atom is -0.338 e. The molecular weight excluding hydrogens is 222 g/mol. The van der Waals surface area contributed by atoms with Gasteiger partial charge in [-0.15, -0.1) is 12.4 Å². The van der Waals surface area contributed by atoms with Crippen LogP contribution in [0.25, 0.3) is 0 Å². The summed E-state index contributed by atoms with van der Waals surface area (Å²) in [4.78, 5) is 13.0. The number of hydrogen-bond donors (Lipinski definition) is 0. The predicted molar refractivity (Wildman–Crippen MR) is 67.7 cm³/mol. The van der Waals surface area contributed by atoms with E-state index in [-0.39, 0.29) is 12.4 Å². The summed E-state index contributed by atoms with van der Waals surface area (Å²) in [6.07, 6.45) is 5.71.